The molecule has 4 rings (SSSR count). The Balaban J connectivity index is 1.66. The lowest BCUT2D eigenvalue weighted by molar-refractivity contribution is -0.197. The maximum atomic E-state index is 6.32. The molecule has 2 aromatic heterocycles. The van der Waals surface area contributed by atoms with Crippen LogP contribution in [-0.2, 0) is 14.2 Å². The molecule has 0 aromatic carbocycles. The van der Waals surface area contributed by atoms with Crippen LogP contribution in [0.1, 0.15) is 20.1 Å². The number of nitrogen functional groups attached to an aromatic ring is 1. The molecular formula is C16H25N7O3. The molecule has 0 saturated carbocycles. The molecule has 0 unspecified atom stereocenters. The van der Waals surface area contributed by atoms with Crippen molar-refractivity contribution < 1.29 is 14.2 Å². The molecule has 0 spiro atoms. The molecule has 10 nitrogen and oxygen atoms in total. The zero-order valence-corrected chi connectivity index (χ0v) is 15.2. The van der Waals surface area contributed by atoms with Crippen molar-refractivity contribution in [3.63, 3.8) is 0 Å². The molecule has 0 radical (unpaired) electrons. The first-order valence-corrected chi connectivity index (χ1v) is 8.72. The second-order valence-electron chi connectivity index (χ2n) is 7.26. The monoisotopic (exact) mass is 363 g/mol. The highest BCUT2D eigenvalue weighted by Crippen LogP contribution is 2.43. The molecule has 0 amide bonds. The maximum absolute atomic E-state index is 6.32. The Kier molecular flexibility index (Phi) is 4.32. The van der Waals surface area contributed by atoms with Gasteiger partial charge in [-0.05, 0) is 20.9 Å². The van der Waals surface area contributed by atoms with Crippen molar-refractivity contribution in [1.82, 2.24) is 24.4 Å². The highest BCUT2D eigenvalue weighted by Gasteiger charge is 2.56. The van der Waals surface area contributed by atoms with Gasteiger partial charge in [-0.1, -0.05) is 0 Å². The van der Waals surface area contributed by atoms with E-state index in [1.54, 1.807) is 6.33 Å². The summed E-state index contributed by atoms with van der Waals surface area (Å²) in [5.74, 6) is -0.335. The van der Waals surface area contributed by atoms with Crippen LogP contribution in [0.15, 0.2) is 12.7 Å². The number of likely N-dealkylation sites (N-methyl/N-ethyl adjacent to an activating group) is 1. The quantitative estimate of drug-likeness (QED) is 0.737. The fourth-order valence-corrected chi connectivity index (χ4v) is 3.71. The predicted molar refractivity (Wildman–Crippen MR) is 94.0 cm³/mol. The van der Waals surface area contributed by atoms with Crippen molar-refractivity contribution in [2.24, 2.45) is 5.73 Å². The minimum absolute atomic E-state index is 0.153. The summed E-state index contributed by atoms with van der Waals surface area (Å²) in [6.07, 6.45) is 2.07. The number of imidazole rings is 1. The lowest BCUT2D eigenvalue weighted by Crippen LogP contribution is -2.40. The number of anilines is 1. The van der Waals surface area contributed by atoms with Crippen molar-refractivity contribution in [1.29, 1.82) is 0 Å². The Morgan fingerprint density at radius 1 is 1.23 bits per heavy atom. The van der Waals surface area contributed by atoms with Crippen LogP contribution in [-0.4, -0.2) is 75.2 Å². The number of ether oxygens (including phenoxy) is 3. The van der Waals surface area contributed by atoms with Crippen molar-refractivity contribution in [3.8, 4) is 0 Å². The molecule has 142 valence electrons. The number of nitrogens with two attached hydrogens (primary N) is 2. The predicted octanol–water partition coefficient (Wildman–Crippen LogP) is -0.283. The van der Waals surface area contributed by atoms with E-state index < -0.39 is 12.0 Å². The van der Waals surface area contributed by atoms with Crippen LogP contribution in [0.2, 0.25) is 0 Å². The van der Waals surface area contributed by atoms with Gasteiger partial charge in [-0.3, -0.25) is 4.57 Å². The minimum Gasteiger partial charge on any atom is -0.382 e. The number of nitrogens with zero attached hydrogens (tertiary/aromatic N) is 5. The van der Waals surface area contributed by atoms with E-state index in [9.17, 15) is 0 Å². The molecule has 2 aliphatic heterocycles. The summed E-state index contributed by atoms with van der Waals surface area (Å²) in [6.45, 7) is 5.89. The van der Waals surface area contributed by atoms with E-state index in [0.717, 1.165) is 6.54 Å². The Hall–Kier alpha value is -1.85. The highest BCUT2D eigenvalue weighted by atomic mass is 16.8. The van der Waals surface area contributed by atoms with E-state index in [1.807, 2.05) is 25.5 Å². The molecule has 4 N–H and O–H groups in total. The number of hydrogen-bond donors (Lipinski definition) is 2. The van der Waals surface area contributed by atoms with Gasteiger partial charge in [-0.25, -0.2) is 15.0 Å². The fourth-order valence-electron chi connectivity index (χ4n) is 3.71. The normalized spacial score (nSPS) is 30.3. The number of fused-ring (bicyclic) bond motifs is 2. The smallest absolute Gasteiger partial charge is 0.167 e. The lowest BCUT2D eigenvalue weighted by atomic mass is 10.1. The maximum Gasteiger partial charge on any atom is 0.167 e. The summed E-state index contributed by atoms with van der Waals surface area (Å²) >= 11 is 0. The van der Waals surface area contributed by atoms with Crippen LogP contribution in [0.25, 0.3) is 11.2 Å². The Morgan fingerprint density at radius 2 is 2.00 bits per heavy atom. The Labute approximate surface area is 151 Å². The first kappa shape index (κ1) is 17.6. The van der Waals surface area contributed by atoms with Gasteiger partial charge in [0.2, 0.25) is 0 Å². The SMILES string of the molecule is CN(CCN)C[C@H]1O[C@@H](n2cnc3c(N)ncnc32)[C@@H]2OC(C)(C)O[C@@H]21. The van der Waals surface area contributed by atoms with Crippen LogP contribution in [0, 0.1) is 0 Å². The summed E-state index contributed by atoms with van der Waals surface area (Å²) < 4.78 is 20.4. The third-order valence-electron chi connectivity index (χ3n) is 4.79. The Morgan fingerprint density at radius 3 is 2.77 bits per heavy atom. The molecule has 4 atom stereocenters. The van der Waals surface area contributed by atoms with E-state index in [2.05, 4.69) is 19.9 Å². The van der Waals surface area contributed by atoms with E-state index in [1.165, 1.54) is 6.33 Å². The molecule has 2 aromatic rings. The van der Waals surface area contributed by atoms with Gasteiger partial charge in [0.05, 0.1) is 6.33 Å². The van der Waals surface area contributed by atoms with E-state index in [-0.39, 0.29) is 18.3 Å². The van der Waals surface area contributed by atoms with Crippen LogP contribution in [0.5, 0.6) is 0 Å². The highest BCUT2D eigenvalue weighted by molar-refractivity contribution is 5.81. The first-order chi connectivity index (χ1) is 12.4. The van der Waals surface area contributed by atoms with Crippen LogP contribution in [0.4, 0.5) is 5.82 Å². The number of hydrogen-bond acceptors (Lipinski definition) is 9. The van der Waals surface area contributed by atoms with Crippen LogP contribution in [0.3, 0.4) is 0 Å². The summed E-state index contributed by atoms with van der Waals surface area (Å²) in [4.78, 5) is 14.8. The Bertz CT molecular complexity index is 795. The van der Waals surface area contributed by atoms with Gasteiger partial charge >= 0.3 is 0 Å². The summed E-state index contributed by atoms with van der Waals surface area (Å²) in [7, 11) is 2.01. The third kappa shape index (κ3) is 2.93. The van der Waals surface area contributed by atoms with Crippen LogP contribution < -0.4 is 11.5 Å². The van der Waals surface area contributed by atoms with Gasteiger partial charge in [0, 0.05) is 19.6 Å². The number of aromatic nitrogens is 4. The largest absolute Gasteiger partial charge is 0.382 e. The van der Waals surface area contributed by atoms with E-state index in [4.69, 9.17) is 25.7 Å². The second kappa shape index (κ2) is 6.39. The van der Waals surface area contributed by atoms with Gasteiger partial charge in [-0.2, -0.15) is 0 Å². The summed E-state index contributed by atoms with van der Waals surface area (Å²) in [5.41, 5.74) is 12.7. The summed E-state index contributed by atoms with van der Waals surface area (Å²) in [5, 5.41) is 0. The van der Waals surface area contributed by atoms with Gasteiger partial charge in [0.25, 0.3) is 0 Å². The second-order valence-corrected chi connectivity index (χ2v) is 7.26. The molecule has 2 saturated heterocycles. The topological polar surface area (TPSA) is 127 Å². The summed E-state index contributed by atoms with van der Waals surface area (Å²) in [6, 6.07) is 0. The zero-order valence-electron chi connectivity index (χ0n) is 15.2. The van der Waals surface area contributed by atoms with Gasteiger partial charge in [0.1, 0.15) is 30.2 Å². The van der Waals surface area contributed by atoms with Gasteiger partial charge < -0.3 is 30.6 Å². The molecule has 10 heteroatoms. The molecule has 26 heavy (non-hydrogen) atoms. The molecule has 2 aliphatic rings. The fraction of sp³-hybridized carbons (Fsp3) is 0.688. The lowest BCUT2D eigenvalue weighted by Gasteiger charge is -2.26. The minimum atomic E-state index is -0.674. The molecule has 0 aliphatic carbocycles. The molecular weight excluding hydrogens is 338 g/mol. The first-order valence-electron chi connectivity index (χ1n) is 8.72. The molecule has 2 fully saturated rings. The van der Waals surface area contributed by atoms with Crippen molar-refractivity contribution in [3.05, 3.63) is 12.7 Å². The van der Waals surface area contributed by atoms with E-state index >= 15 is 0 Å². The van der Waals surface area contributed by atoms with Crippen molar-refractivity contribution in [2.45, 2.75) is 44.2 Å². The number of rotatable bonds is 5. The van der Waals surface area contributed by atoms with Crippen LogP contribution >= 0.6 is 0 Å². The van der Waals surface area contributed by atoms with Gasteiger partial charge in [-0.15, -0.1) is 0 Å². The molecule has 0 bridgehead atoms. The third-order valence-corrected chi connectivity index (χ3v) is 4.79. The molecule has 4 heterocycles. The van der Waals surface area contributed by atoms with Crippen molar-refractivity contribution in [2.75, 3.05) is 32.4 Å². The van der Waals surface area contributed by atoms with Gasteiger partial charge in [0.15, 0.2) is 23.5 Å². The zero-order chi connectivity index (χ0) is 18.5. The average molecular weight is 363 g/mol. The van der Waals surface area contributed by atoms with E-state index in [0.29, 0.717) is 30.1 Å². The standard InChI is InChI=1S/C16H25N7O3/c1-16(2)25-11-9(6-22(3)5-4-17)24-15(12(11)26-16)23-8-21-10-13(18)19-7-20-14(10)23/h7-9,11-12,15H,4-6,17H2,1-3H3,(H2,18,19,20)/t9-,11-,12-,15-/m1/s1. The average Bonchev–Trinajstić information content (AvgIpc) is 3.21. The van der Waals surface area contributed by atoms with Crippen molar-refractivity contribution >= 4 is 17.0 Å².